The summed E-state index contributed by atoms with van der Waals surface area (Å²) < 4.78 is 19.8. The van der Waals surface area contributed by atoms with Gasteiger partial charge < -0.3 is 18.5 Å². The molecule has 0 spiro atoms. The maximum absolute atomic E-state index is 9.39. The van der Waals surface area contributed by atoms with Gasteiger partial charge in [0.25, 0.3) is 0 Å². The van der Waals surface area contributed by atoms with Crippen LogP contribution in [0.3, 0.4) is 0 Å². The number of rotatable bonds is 8. The number of nitrogens with zero attached hydrogens (tertiary/aromatic N) is 5. The van der Waals surface area contributed by atoms with Gasteiger partial charge in [-0.25, -0.2) is 9.97 Å². The maximum Gasteiger partial charge on any atom is 0.213 e. The highest BCUT2D eigenvalue weighted by atomic mass is 35.5. The number of halogens is 1. The molecule has 3 aromatic heterocycles. The van der Waals surface area contributed by atoms with Crippen LogP contribution in [0.25, 0.3) is 22.0 Å². The summed E-state index contributed by atoms with van der Waals surface area (Å²) in [5, 5.41) is 10.3. The zero-order chi connectivity index (χ0) is 27.8. The van der Waals surface area contributed by atoms with Gasteiger partial charge in [0.2, 0.25) is 5.88 Å². The average Bonchev–Trinajstić information content (AvgIpc) is 3.54. The summed E-state index contributed by atoms with van der Waals surface area (Å²) in [5.41, 5.74) is 5.21. The maximum atomic E-state index is 9.39. The molecular weight excluding hydrogens is 538 g/mol. The molecule has 0 saturated carbocycles. The van der Waals surface area contributed by atoms with Crippen molar-refractivity contribution in [3.63, 3.8) is 0 Å². The third kappa shape index (κ3) is 5.29. The quantitative estimate of drug-likeness (QED) is 0.213. The van der Waals surface area contributed by atoms with Crippen LogP contribution in [0.4, 0.5) is 0 Å². The van der Waals surface area contributed by atoms with E-state index >= 15 is 0 Å². The van der Waals surface area contributed by atoms with E-state index in [1.165, 1.54) is 5.52 Å². The van der Waals surface area contributed by atoms with Crippen LogP contribution < -0.4 is 4.74 Å². The van der Waals surface area contributed by atoms with Gasteiger partial charge in [0.1, 0.15) is 18.0 Å². The van der Waals surface area contributed by atoms with Crippen LogP contribution in [0, 0.1) is 11.3 Å². The van der Waals surface area contributed by atoms with Crippen molar-refractivity contribution in [1.29, 1.82) is 5.26 Å². The zero-order valence-corrected chi connectivity index (χ0v) is 23.4. The largest absolute Gasteiger partial charge is 0.473 e. The number of imidazole rings is 1. The Kier molecular flexibility index (Phi) is 7.09. The summed E-state index contributed by atoms with van der Waals surface area (Å²) in [7, 11) is 0. The molecule has 0 amide bonds. The highest BCUT2D eigenvalue weighted by molar-refractivity contribution is 6.29. The van der Waals surface area contributed by atoms with Gasteiger partial charge in [-0.3, -0.25) is 4.90 Å². The summed E-state index contributed by atoms with van der Waals surface area (Å²) in [6, 6.07) is 21.8. The summed E-state index contributed by atoms with van der Waals surface area (Å²) in [4.78, 5) is 12.3. The van der Waals surface area contributed by atoms with Crippen LogP contribution in [0.1, 0.15) is 47.8 Å². The fourth-order valence-electron chi connectivity index (χ4n) is 5.92. The molecule has 0 radical (unpaired) electrons. The van der Waals surface area contributed by atoms with Crippen molar-refractivity contribution in [2.45, 2.75) is 51.0 Å². The molecule has 208 valence electrons. The Morgan fingerprint density at radius 1 is 1.02 bits per heavy atom. The normalized spacial score (nSPS) is 18.0. The molecule has 5 heterocycles. The Morgan fingerprint density at radius 2 is 1.88 bits per heavy atom. The van der Waals surface area contributed by atoms with Crippen molar-refractivity contribution < 1.29 is 13.9 Å². The molecule has 0 unspecified atom stereocenters. The van der Waals surface area contributed by atoms with Crippen LogP contribution in [0.2, 0.25) is 5.22 Å². The molecule has 7 rings (SSSR count). The molecule has 1 atom stereocenters. The van der Waals surface area contributed by atoms with Crippen molar-refractivity contribution in [2.75, 3.05) is 19.7 Å². The number of fused-ring (bicyclic) bond motifs is 2. The lowest BCUT2D eigenvalue weighted by molar-refractivity contribution is -0.0592. The van der Waals surface area contributed by atoms with Crippen LogP contribution >= 0.6 is 11.6 Å². The second-order valence-corrected chi connectivity index (χ2v) is 11.2. The minimum absolute atomic E-state index is 0.250. The number of piperidine rings is 1. The fourth-order valence-corrected chi connectivity index (χ4v) is 6.11. The lowest BCUT2D eigenvalue weighted by Gasteiger charge is -2.32. The Bertz CT molecular complexity index is 1740. The Balaban J connectivity index is 0.999. The van der Waals surface area contributed by atoms with E-state index in [2.05, 4.69) is 45.9 Å². The van der Waals surface area contributed by atoms with Gasteiger partial charge in [-0.1, -0.05) is 24.3 Å². The highest BCUT2D eigenvalue weighted by Gasteiger charge is 2.26. The molecule has 5 aromatic rings. The first-order valence-electron chi connectivity index (χ1n) is 14.1. The summed E-state index contributed by atoms with van der Waals surface area (Å²) in [6.07, 6.45) is 3.47. The Morgan fingerprint density at radius 3 is 2.68 bits per heavy atom. The molecule has 2 fully saturated rings. The average molecular weight is 568 g/mol. The predicted octanol–water partition coefficient (Wildman–Crippen LogP) is 6.45. The molecular formula is C32H30ClN5O3. The number of nitriles is 1. The van der Waals surface area contributed by atoms with Crippen molar-refractivity contribution in [3.05, 3.63) is 88.5 Å². The van der Waals surface area contributed by atoms with Crippen LogP contribution in [0.15, 0.2) is 65.1 Å². The van der Waals surface area contributed by atoms with Crippen molar-refractivity contribution in [3.8, 4) is 11.9 Å². The van der Waals surface area contributed by atoms with Crippen molar-refractivity contribution in [1.82, 2.24) is 19.4 Å². The number of para-hydroxylation sites is 2. The first-order valence-corrected chi connectivity index (χ1v) is 14.5. The van der Waals surface area contributed by atoms with Gasteiger partial charge in [0.05, 0.1) is 41.9 Å². The zero-order valence-electron chi connectivity index (χ0n) is 22.6. The molecule has 9 heteroatoms. The van der Waals surface area contributed by atoms with Crippen molar-refractivity contribution in [2.24, 2.45) is 0 Å². The number of benzene rings is 2. The molecule has 0 N–H and O–H groups in total. The van der Waals surface area contributed by atoms with Gasteiger partial charge >= 0.3 is 0 Å². The number of pyridine rings is 1. The fraction of sp³-hybridized carbons (Fsp3) is 0.344. The second kappa shape index (κ2) is 11.2. The smallest absolute Gasteiger partial charge is 0.213 e. The monoisotopic (exact) mass is 567 g/mol. The van der Waals surface area contributed by atoms with Gasteiger partial charge in [-0.15, -0.1) is 0 Å². The van der Waals surface area contributed by atoms with Gasteiger partial charge in [0.15, 0.2) is 5.22 Å². The SMILES string of the molecule is N#Cc1ccc(COc2cccc(C3CCN(Cc4nc5ccccc5n4C[C@@H]4CCO4)CC3)n2)c2oc(Cl)cc12. The van der Waals surface area contributed by atoms with E-state index in [1.807, 2.05) is 18.2 Å². The van der Waals surface area contributed by atoms with Crippen LogP contribution in [-0.2, 0) is 24.4 Å². The first kappa shape index (κ1) is 26.0. The third-order valence-corrected chi connectivity index (χ3v) is 8.45. The van der Waals surface area contributed by atoms with Gasteiger partial charge in [-0.05, 0) is 68.2 Å². The van der Waals surface area contributed by atoms with E-state index < -0.39 is 0 Å². The van der Waals surface area contributed by atoms with Gasteiger partial charge in [-0.2, -0.15) is 5.26 Å². The molecule has 2 aliphatic rings. The number of ether oxygens (including phenoxy) is 2. The molecule has 41 heavy (non-hydrogen) atoms. The van der Waals surface area contributed by atoms with Crippen molar-refractivity contribution >= 4 is 33.6 Å². The standard InChI is InChI=1S/C32H30ClN5O3/c33-29-16-25-22(17-34)8-9-23(32(25)41-29)20-40-31-7-3-5-26(36-31)21-10-13-37(14-11-21)19-30-35-27-4-1-2-6-28(27)38(30)18-24-12-15-39-24/h1-9,16,21,24H,10-15,18-20H2/t24-/m0/s1. The predicted molar refractivity (Wildman–Crippen MR) is 156 cm³/mol. The summed E-state index contributed by atoms with van der Waals surface area (Å²) >= 11 is 6.08. The first-order chi connectivity index (χ1) is 20.1. The van der Waals surface area contributed by atoms with E-state index in [9.17, 15) is 5.26 Å². The van der Waals surface area contributed by atoms with Crippen LogP contribution in [-0.4, -0.2) is 45.2 Å². The molecule has 0 bridgehead atoms. The number of aromatic nitrogens is 3. The van der Waals surface area contributed by atoms with E-state index in [-0.39, 0.29) is 17.9 Å². The minimum atomic E-state index is 0.250. The van der Waals surface area contributed by atoms with E-state index in [1.54, 1.807) is 12.1 Å². The van der Waals surface area contributed by atoms with Gasteiger partial charge in [0, 0.05) is 41.3 Å². The van der Waals surface area contributed by atoms with Crippen LogP contribution in [0.5, 0.6) is 5.88 Å². The number of furan rings is 1. The number of likely N-dealkylation sites (tertiary alicyclic amines) is 1. The molecule has 2 saturated heterocycles. The highest BCUT2D eigenvalue weighted by Crippen LogP contribution is 2.31. The molecule has 2 aliphatic heterocycles. The topological polar surface area (TPSA) is 89.3 Å². The molecule has 0 aliphatic carbocycles. The third-order valence-electron chi connectivity index (χ3n) is 8.26. The van der Waals surface area contributed by atoms with E-state index in [0.717, 1.165) is 74.6 Å². The minimum Gasteiger partial charge on any atom is -0.473 e. The molecule has 8 nitrogen and oxygen atoms in total. The number of hydrogen-bond donors (Lipinski definition) is 0. The Hall–Kier alpha value is -3.90. The lowest BCUT2D eigenvalue weighted by Crippen LogP contribution is -2.35. The van der Waals surface area contributed by atoms with E-state index in [4.69, 9.17) is 35.5 Å². The second-order valence-electron chi connectivity index (χ2n) is 10.8. The summed E-state index contributed by atoms with van der Waals surface area (Å²) in [6.45, 7) is 4.81. The summed E-state index contributed by atoms with van der Waals surface area (Å²) in [5.74, 6) is 2.07. The molecule has 2 aromatic carbocycles. The lowest BCUT2D eigenvalue weighted by atomic mass is 9.93. The Labute approximate surface area is 243 Å². The van der Waals surface area contributed by atoms with E-state index in [0.29, 0.717) is 28.3 Å². The number of hydrogen-bond acceptors (Lipinski definition) is 7.